The predicted molar refractivity (Wildman–Crippen MR) is 114 cm³/mol. The smallest absolute Gasteiger partial charge is 0.256 e. The summed E-state index contributed by atoms with van der Waals surface area (Å²) in [6.07, 6.45) is 3.09. The molecule has 0 saturated carbocycles. The van der Waals surface area contributed by atoms with Gasteiger partial charge in [0.15, 0.2) is 0 Å². The Labute approximate surface area is 177 Å². The fraction of sp³-hybridized carbons (Fsp3) is 0.545. The molecule has 2 aliphatic heterocycles. The molecule has 4 rings (SSSR count). The molecule has 0 bridgehead atoms. The molecular weight excluding hydrogens is 380 g/mol. The van der Waals surface area contributed by atoms with E-state index in [1.54, 1.807) is 12.3 Å². The maximum atomic E-state index is 13.1. The molecule has 1 atom stereocenters. The van der Waals surface area contributed by atoms with E-state index in [0.29, 0.717) is 38.0 Å². The molecule has 2 aliphatic rings. The number of nitrogens with zero attached hydrogens (tertiary/aromatic N) is 5. The molecule has 30 heavy (non-hydrogen) atoms. The molecule has 0 radical (unpaired) electrons. The number of rotatable bonds is 4. The number of nitrogens with one attached hydrogen (secondary N) is 1. The second kappa shape index (κ2) is 7.74. The van der Waals surface area contributed by atoms with E-state index in [1.807, 2.05) is 42.5 Å². The van der Waals surface area contributed by atoms with E-state index in [0.717, 1.165) is 23.8 Å². The number of carbonyl (C=O) groups is 2. The van der Waals surface area contributed by atoms with Gasteiger partial charge in [0.1, 0.15) is 11.5 Å². The lowest BCUT2D eigenvalue weighted by atomic mass is 9.90. The third-order valence-corrected chi connectivity index (χ3v) is 6.34. The number of anilines is 1. The van der Waals surface area contributed by atoms with E-state index < -0.39 is 5.66 Å². The molecule has 160 valence electrons. The van der Waals surface area contributed by atoms with Crippen LogP contribution in [0.1, 0.15) is 48.4 Å². The largest absolute Gasteiger partial charge is 0.342 e. The number of amides is 2. The minimum Gasteiger partial charge on any atom is -0.342 e. The number of hydrogen-bond acceptors (Lipinski definition) is 5. The van der Waals surface area contributed by atoms with Gasteiger partial charge in [0.05, 0.1) is 23.7 Å². The van der Waals surface area contributed by atoms with Crippen molar-refractivity contribution in [1.82, 2.24) is 25.0 Å². The first kappa shape index (κ1) is 20.4. The maximum Gasteiger partial charge on any atom is 0.256 e. The van der Waals surface area contributed by atoms with Gasteiger partial charge in [-0.2, -0.15) is 5.10 Å². The second-order valence-corrected chi connectivity index (χ2v) is 8.44. The van der Waals surface area contributed by atoms with Crippen LogP contribution in [0.3, 0.4) is 0 Å². The van der Waals surface area contributed by atoms with E-state index >= 15 is 0 Å². The highest BCUT2D eigenvalue weighted by Gasteiger charge is 2.46. The van der Waals surface area contributed by atoms with Crippen molar-refractivity contribution < 1.29 is 9.59 Å². The van der Waals surface area contributed by atoms with Crippen LogP contribution < -0.4 is 10.2 Å². The van der Waals surface area contributed by atoms with Crippen LogP contribution in [0.5, 0.6) is 0 Å². The Hall–Kier alpha value is -2.90. The molecule has 0 aliphatic carbocycles. The lowest BCUT2D eigenvalue weighted by Crippen LogP contribution is -2.68. The van der Waals surface area contributed by atoms with Crippen LogP contribution in [0, 0.1) is 19.8 Å². The summed E-state index contributed by atoms with van der Waals surface area (Å²) in [7, 11) is 0. The summed E-state index contributed by atoms with van der Waals surface area (Å²) in [6, 6.07) is 5.63. The van der Waals surface area contributed by atoms with Crippen LogP contribution in [0.2, 0.25) is 0 Å². The van der Waals surface area contributed by atoms with Gasteiger partial charge >= 0.3 is 0 Å². The Morgan fingerprint density at radius 2 is 2.03 bits per heavy atom. The van der Waals surface area contributed by atoms with Gasteiger partial charge in [-0.25, -0.2) is 4.98 Å². The van der Waals surface area contributed by atoms with Crippen molar-refractivity contribution >= 4 is 17.6 Å². The third-order valence-electron chi connectivity index (χ3n) is 6.34. The second-order valence-electron chi connectivity index (χ2n) is 8.44. The number of likely N-dealkylation sites (tertiary alicyclic amines) is 1. The van der Waals surface area contributed by atoms with Gasteiger partial charge in [0.2, 0.25) is 5.91 Å². The zero-order chi connectivity index (χ0) is 21.5. The van der Waals surface area contributed by atoms with Gasteiger partial charge in [-0.15, -0.1) is 0 Å². The van der Waals surface area contributed by atoms with Crippen molar-refractivity contribution in [2.75, 3.05) is 24.5 Å². The summed E-state index contributed by atoms with van der Waals surface area (Å²) >= 11 is 0. The number of piperidine rings is 1. The Balaban J connectivity index is 1.46. The molecule has 1 unspecified atom stereocenters. The van der Waals surface area contributed by atoms with Crippen LogP contribution in [0.4, 0.5) is 5.82 Å². The highest BCUT2D eigenvalue weighted by atomic mass is 16.2. The quantitative estimate of drug-likeness (QED) is 0.835. The SMILES string of the molecule is CCN1c2ncccc2C(=O)NC12CCN(C(=O)C(C)Cn1nc(C)cc1C)CC2. The molecule has 8 heteroatoms. The van der Waals surface area contributed by atoms with Crippen molar-refractivity contribution in [3.63, 3.8) is 0 Å². The Kier molecular flexibility index (Phi) is 5.26. The fourth-order valence-electron chi connectivity index (χ4n) is 4.79. The van der Waals surface area contributed by atoms with Crippen molar-refractivity contribution in [2.45, 2.75) is 52.7 Å². The van der Waals surface area contributed by atoms with Crippen molar-refractivity contribution in [2.24, 2.45) is 5.92 Å². The molecule has 2 aromatic rings. The van der Waals surface area contributed by atoms with Gasteiger partial charge in [-0.3, -0.25) is 14.3 Å². The number of pyridine rings is 1. The lowest BCUT2D eigenvalue weighted by molar-refractivity contribution is -0.137. The number of fused-ring (bicyclic) bond motifs is 1. The highest BCUT2D eigenvalue weighted by molar-refractivity contribution is 6.01. The van der Waals surface area contributed by atoms with E-state index in [2.05, 4.69) is 27.2 Å². The van der Waals surface area contributed by atoms with E-state index in [9.17, 15) is 9.59 Å². The Morgan fingerprint density at radius 3 is 2.67 bits per heavy atom. The highest BCUT2D eigenvalue weighted by Crippen LogP contribution is 2.36. The van der Waals surface area contributed by atoms with E-state index in [1.165, 1.54) is 0 Å². The van der Waals surface area contributed by atoms with Crippen molar-refractivity contribution in [3.8, 4) is 0 Å². The first-order chi connectivity index (χ1) is 14.3. The number of hydrogen-bond donors (Lipinski definition) is 1. The van der Waals surface area contributed by atoms with Gasteiger partial charge in [0, 0.05) is 44.4 Å². The normalized spacial score (nSPS) is 18.9. The number of aromatic nitrogens is 3. The van der Waals surface area contributed by atoms with E-state index in [-0.39, 0.29) is 17.7 Å². The molecule has 1 spiro atoms. The monoisotopic (exact) mass is 410 g/mol. The molecule has 4 heterocycles. The summed E-state index contributed by atoms with van der Waals surface area (Å²) in [5, 5.41) is 7.70. The summed E-state index contributed by atoms with van der Waals surface area (Å²) in [5.41, 5.74) is 2.16. The number of aryl methyl sites for hydroxylation is 2. The zero-order valence-corrected chi connectivity index (χ0v) is 18.2. The average Bonchev–Trinajstić information content (AvgIpc) is 3.05. The minimum atomic E-state index is -0.483. The van der Waals surface area contributed by atoms with Gasteiger partial charge < -0.3 is 15.1 Å². The first-order valence-corrected chi connectivity index (χ1v) is 10.7. The summed E-state index contributed by atoms with van der Waals surface area (Å²) in [5.74, 6) is 0.644. The Bertz CT molecular complexity index is 960. The zero-order valence-electron chi connectivity index (χ0n) is 18.2. The summed E-state index contributed by atoms with van der Waals surface area (Å²) in [6.45, 7) is 10.6. The molecule has 2 aromatic heterocycles. The standard InChI is InChI=1S/C22H30N6O2/c1-5-27-19-18(7-6-10-23-19)20(29)24-22(27)8-11-26(12-9-22)21(30)15(2)14-28-17(4)13-16(3)25-28/h6-7,10,13,15H,5,8-9,11-12,14H2,1-4H3,(H,24,29). The lowest BCUT2D eigenvalue weighted by Gasteiger charge is -2.52. The average molecular weight is 411 g/mol. The van der Waals surface area contributed by atoms with Gasteiger partial charge in [-0.05, 0) is 39.0 Å². The first-order valence-electron chi connectivity index (χ1n) is 10.7. The fourth-order valence-corrected chi connectivity index (χ4v) is 4.79. The van der Waals surface area contributed by atoms with Crippen LogP contribution >= 0.6 is 0 Å². The molecule has 8 nitrogen and oxygen atoms in total. The van der Waals surface area contributed by atoms with Crippen LogP contribution in [0.25, 0.3) is 0 Å². The predicted octanol–water partition coefficient (Wildman–Crippen LogP) is 2.12. The van der Waals surface area contributed by atoms with Gasteiger partial charge in [-0.1, -0.05) is 6.92 Å². The molecule has 0 aromatic carbocycles. The topological polar surface area (TPSA) is 83.4 Å². The van der Waals surface area contributed by atoms with Crippen LogP contribution in [-0.4, -0.2) is 56.8 Å². The number of carbonyl (C=O) groups excluding carboxylic acids is 2. The van der Waals surface area contributed by atoms with Gasteiger partial charge in [0.25, 0.3) is 5.91 Å². The van der Waals surface area contributed by atoms with Crippen molar-refractivity contribution in [3.05, 3.63) is 41.3 Å². The molecule has 1 N–H and O–H groups in total. The molecule has 1 saturated heterocycles. The van der Waals surface area contributed by atoms with Crippen molar-refractivity contribution in [1.29, 1.82) is 0 Å². The van der Waals surface area contributed by atoms with Crippen LogP contribution in [-0.2, 0) is 11.3 Å². The molecule has 2 amide bonds. The minimum absolute atomic E-state index is 0.0829. The molecular formula is C22H30N6O2. The molecule has 1 fully saturated rings. The third kappa shape index (κ3) is 3.44. The van der Waals surface area contributed by atoms with Crippen LogP contribution in [0.15, 0.2) is 24.4 Å². The Morgan fingerprint density at radius 1 is 1.30 bits per heavy atom. The van der Waals surface area contributed by atoms with E-state index in [4.69, 9.17) is 0 Å². The summed E-state index contributed by atoms with van der Waals surface area (Å²) in [4.78, 5) is 34.4. The maximum absolute atomic E-state index is 13.1. The summed E-state index contributed by atoms with van der Waals surface area (Å²) < 4.78 is 1.91.